The lowest BCUT2D eigenvalue weighted by Crippen LogP contribution is -1.96. The summed E-state index contributed by atoms with van der Waals surface area (Å²) in [4.78, 5) is 0. The van der Waals surface area contributed by atoms with E-state index in [2.05, 4.69) is 0 Å². The van der Waals surface area contributed by atoms with Gasteiger partial charge in [-0.1, -0.05) is 19.9 Å². The first-order valence-electron chi connectivity index (χ1n) is 4.92. The lowest BCUT2D eigenvalue weighted by atomic mass is 9.95. The minimum Gasteiger partial charge on any atom is -0.205 e. The molecule has 0 fully saturated rings. The summed E-state index contributed by atoms with van der Waals surface area (Å²) in [6.07, 6.45) is -1.68. The molecule has 0 aliphatic carbocycles. The Morgan fingerprint density at radius 1 is 1.40 bits per heavy atom. The van der Waals surface area contributed by atoms with Crippen molar-refractivity contribution in [2.75, 3.05) is 0 Å². The molecular formula is C12H13F2N. The van der Waals surface area contributed by atoms with Crippen molar-refractivity contribution in [3.8, 4) is 6.07 Å². The second-order valence-corrected chi connectivity index (χ2v) is 3.57. The highest BCUT2D eigenvalue weighted by molar-refractivity contribution is 5.41. The average Bonchev–Trinajstić information content (AvgIpc) is 2.27. The van der Waals surface area contributed by atoms with Gasteiger partial charge in [-0.25, -0.2) is 8.78 Å². The van der Waals surface area contributed by atoms with Gasteiger partial charge in [-0.3, -0.25) is 0 Å². The first-order chi connectivity index (χ1) is 7.10. The summed E-state index contributed by atoms with van der Waals surface area (Å²) in [5, 5.41) is 8.67. The van der Waals surface area contributed by atoms with Gasteiger partial charge in [0, 0.05) is 5.56 Å². The maximum absolute atomic E-state index is 12.6. The third-order valence-electron chi connectivity index (χ3n) is 2.61. The summed E-state index contributed by atoms with van der Waals surface area (Å²) in [5.74, 6) is 0.246. The maximum Gasteiger partial charge on any atom is 0.265 e. The van der Waals surface area contributed by atoms with E-state index in [1.807, 2.05) is 13.8 Å². The molecule has 0 radical (unpaired) electrons. The Morgan fingerprint density at radius 2 is 2.07 bits per heavy atom. The Morgan fingerprint density at radius 3 is 2.53 bits per heavy atom. The minimum absolute atomic E-state index is 0.0667. The van der Waals surface area contributed by atoms with Crippen LogP contribution in [0.5, 0.6) is 0 Å². The van der Waals surface area contributed by atoms with E-state index < -0.39 is 6.43 Å². The highest BCUT2D eigenvalue weighted by atomic mass is 19.3. The van der Waals surface area contributed by atoms with Crippen LogP contribution in [0.4, 0.5) is 8.78 Å². The number of rotatable bonds is 3. The third kappa shape index (κ3) is 2.53. The Hall–Kier alpha value is -1.43. The van der Waals surface area contributed by atoms with Crippen LogP contribution in [0.25, 0.3) is 0 Å². The molecule has 0 aromatic heterocycles. The standard InChI is InChI=1S/C12H13F2N/c1-3-8(2)9-4-5-10(7-15)11(6-9)12(13)14/h4-6,8,12H,3H2,1-2H3. The van der Waals surface area contributed by atoms with Gasteiger partial charge >= 0.3 is 0 Å². The van der Waals surface area contributed by atoms with Crippen molar-refractivity contribution in [2.45, 2.75) is 32.6 Å². The molecule has 0 N–H and O–H groups in total. The van der Waals surface area contributed by atoms with Gasteiger partial charge in [-0.15, -0.1) is 0 Å². The summed E-state index contributed by atoms with van der Waals surface area (Å²) in [6.45, 7) is 3.99. The molecule has 1 aromatic carbocycles. The van der Waals surface area contributed by atoms with Crippen molar-refractivity contribution < 1.29 is 8.78 Å². The van der Waals surface area contributed by atoms with Crippen molar-refractivity contribution in [3.05, 3.63) is 34.9 Å². The number of benzene rings is 1. The molecule has 1 nitrogen and oxygen atoms in total. The first kappa shape index (κ1) is 11.6. The van der Waals surface area contributed by atoms with E-state index in [1.54, 1.807) is 12.1 Å². The summed E-state index contributed by atoms with van der Waals surface area (Å²) in [7, 11) is 0. The molecule has 0 aliphatic heterocycles. The smallest absolute Gasteiger partial charge is 0.205 e. The quantitative estimate of drug-likeness (QED) is 0.737. The van der Waals surface area contributed by atoms with Gasteiger partial charge in [0.2, 0.25) is 0 Å². The molecule has 1 aromatic rings. The van der Waals surface area contributed by atoms with Crippen molar-refractivity contribution in [1.29, 1.82) is 5.26 Å². The van der Waals surface area contributed by atoms with Gasteiger partial charge in [0.15, 0.2) is 0 Å². The summed E-state index contributed by atoms with van der Waals surface area (Å²) < 4.78 is 25.2. The fourth-order valence-corrected chi connectivity index (χ4v) is 1.41. The van der Waals surface area contributed by atoms with Crippen LogP contribution in [0.15, 0.2) is 18.2 Å². The largest absolute Gasteiger partial charge is 0.265 e. The average molecular weight is 209 g/mol. The second kappa shape index (κ2) is 4.88. The molecule has 0 saturated heterocycles. The predicted molar refractivity (Wildman–Crippen MR) is 54.8 cm³/mol. The number of nitrogens with zero attached hydrogens (tertiary/aromatic N) is 1. The fraction of sp³-hybridized carbons (Fsp3) is 0.417. The van der Waals surface area contributed by atoms with E-state index in [1.165, 1.54) is 12.1 Å². The Kier molecular flexibility index (Phi) is 3.79. The molecule has 80 valence electrons. The van der Waals surface area contributed by atoms with Gasteiger partial charge in [0.05, 0.1) is 11.6 Å². The van der Waals surface area contributed by atoms with E-state index in [-0.39, 0.29) is 17.0 Å². The first-order valence-corrected chi connectivity index (χ1v) is 4.92. The number of halogens is 2. The second-order valence-electron chi connectivity index (χ2n) is 3.57. The van der Waals surface area contributed by atoms with E-state index in [0.29, 0.717) is 0 Å². The van der Waals surface area contributed by atoms with Gasteiger partial charge in [0.25, 0.3) is 6.43 Å². The molecule has 0 bridgehead atoms. The van der Waals surface area contributed by atoms with Gasteiger partial charge < -0.3 is 0 Å². The van der Waals surface area contributed by atoms with Gasteiger partial charge in [-0.05, 0) is 30.0 Å². The normalized spacial score (nSPS) is 12.5. The SMILES string of the molecule is CCC(C)c1ccc(C#N)c(C(F)F)c1. The van der Waals surface area contributed by atoms with Crippen LogP contribution >= 0.6 is 0 Å². The Labute approximate surface area is 88.3 Å². The van der Waals surface area contributed by atoms with Gasteiger partial charge in [0.1, 0.15) is 0 Å². The molecule has 3 heteroatoms. The van der Waals surface area contributed by atoms with Crippen LogP contribution in [0.2, 0.25) is 0 Å². The number of alkyl halides is 2. The number of hydrogen-bond acceptors (Lipinski definition) is 1. The summed E-state index contributed by atoms with van der Waals surface area (Å²) in [6, 6.07) is 6.45. The molecule has 0 saturated carbocycles. The molecule has 15 heavy (non-hydrogen) atoms. The zero-order valence-corrected chi connectivity index (χ0v) is 8.80. The van der Waals surface area contributed by atoms with E-state index in [4.69, 9.17) is 5.26 Å². The van der Waals surface area contributed by atoms with Crippen molar-refractivity contribution in [3.63, 3.8) is 0 Å². The van der Waals surface area contributed by atoms with Crippen LogP contribution in [-0.4, -0.2) is 0 Å². The van der Waals surface area contributed by atoms with E-state index in [9.17, 15) is 8.78 Å². The minimum atomic E-state index is -2.58. The monoisotopic (exact) mass is 209 g/mol. The molecule has 0 amide bonds. The molecule has 0 aliphatic rings. The lowest BCUT2D eigenvalue weighted by Gasteiger charge is -2.11. The zero-order valence-electron chi connectivity index (χ0n) is 8.80. The molecule has 1 atom stereocenters. The highest BCUT2D eigenvalue weighted by Gasteiger charge is 2.15. The van der Waals surface area contributed by atoms with E-state index >= 15 is 0 Å². The van der Waals surface area contributed by atoms with Crippen LogP contribution in [-0.2, 0) is 0 Å². The van der Waals surface area contributed by atoms with Crippen molar-refractivity contribution in [1.82, 2.24) is 0 Å². The predicted octanol–water partition coefficient (Wildman–Crippen LogP) is 4.01. The molecule has 1 rings (SSSR count). The Balaban J connectivity index is 3.17. The van der Waals surface area contributed by atoms with Gasteiger partial charge in [-0.2, -0.15) is 5.26 Å². The van der Waals surface area contributed by atoms with Crippen LogP contribution in [0.1, 0.15) is 49.3 Å². The fourth-order valence-electron chi connectivity index (χ4n) is 1.41. The summed E-state index contributed by atoms with van der Waals surface area (Å²) >= 11 is 0. The third-order valence-corrected chi connectivity index (χ3v) is 2.61. The molecule has 0 spiro atoms. The summed E-state index contributed by atoms with van der Waals surface area (Å²) in [5.41, 5.74) is 0.777. The van der Waals surface area contributed by atoms with Crippen LogP contribution in [0.3, 0.4) is 0 Å². The maximum atomic E-state index is 12.6. The van der Waals surface area contributed by atoms with E-state index in [0.717, 1.165) is 12.0 Å². The highest BCUT2D eigenvalue weighted by Crippen LogP contribution is 2.27. The number of hydrogen-bond donors (Lipinski definition) is 0. The van der Waals surface area contributed by atoms with Crippen molar-refractivity contribution in [2.24, 2.45) is 0 Å². The van der Waals surface area contributed by atoms with Crippen molar-refractivity contribution >= 4 is 0 Å². The van der Waals surface area contributed by atoms with Crippen LogP contribution in [0, 0.1) is 11.3 Å². The lowest BCUT2D eigenvalue weighted by molar-refractivity contribution is 0.151. The Bertz CT molecular complexity index is 380. The zero-order chi connectivity index (χ0) is 11.4. The van der Waals surface area contributed by atoms with Crippen LogP contribution < -0.4 is 0 Å². The molecular weight excluding hydrogens is 196 g/mol. The number of nitriles is 1. The molecule has 0 heterocycles. The topological polar surface area (TPSA) is 23.8 Å². The molecule has 1 unspecified atom stereocenters.